The van der Waals surface area contributed by atoms with Crippen LogP contribution in [0.5, 0.6) is 11.5 Å². The van der Waals surface area contributed by atoms with Crippen molar-refractivity contribution in [2.75, 3.05) is 20.0 Å². The number of hydrogen-bond acceptors (Lipinski definition) is 4. The van der Waals surface area contributed by atoms with Gasteiger partial charge in [0.1, 0.15) is 11.5 Å². The first-order valence-corrected chi connectivity index (χ1v) is 5.98. The van der Waals surface area contributed by atoms with Gasteiger partial charge in [0.2, 0.25) is 0 Å². The predicted octanol–water partition coefficient (Wildman–Crippen LogP) is 2.33. The van der Waals surface area contributed by atoms with Gasteiger partial charge in [0.05, 0.1) is 20.3 Å². The third-order valence-corrected chi connectivity index (χ3v) is 3.07. The SMILES string of the molecule is COc1ccc(OC)c(C(N)c2ccc(N)cc2)c1. The molecule has 0 amide bonds. The van der Waals surface area contributed by atoms with E-state index in [0.29, 0.717) is 5.69 Å². The minimum atomic E-state index is -0.286. The second-order valence-corrected chi connectivity index (χ2v) is 4.25. The Morgan fingerprint density at radius 1 is 0.947 bits per heavy atom. The minimum absolute atomic E-state index is 0.286. The molecule has 0 bridgehead atoms. The van der Waals surface area contributed by atoms with Crippen LogP contribution in [0.1, 0.15) is 17.2 Å². The molecule has 4 heteroatoms. The number of ether oxygens (including phenoxy) is 2. The molecule has 0 fully saturated rings. The van der Waals surface area contributed by atoms with E-state index in [0.717, 1.165) is 22.6 Å². The number of nitrogens with two attached hydrogens (primary N) is 2. The van der Waals surface area contributed by atoms with Crippen molar-refractivity contribution in [3.05, 3.63) is 53.6 Å². The molecule has 0 aliphatic rings. The zero-order valence-corrected chi connectivity index (χ0v) is 11.1. The van der Waals surface area contributed by atoms with Gasteiger partial charge in [0.15, 0.2) is 0 Å². The molecule has 0 aromatic heterocycles. The largest absolute Gasteiger partial charge is 0.497 e. The molecule has 0 aliphatic heterocycles. The van der Waals surface area contributed by atoms with Crippen LogP contribution in [0, 0.1) is 0 Å². The summed E-state index contributed by atoms with van der Waals surface area (Å²) in [4.78, 5) is 0. The lowest BCUT2D eigenvalue weighted by Gasteiger charge is -2.17. The van der Waals surface area contributed by atoms with Crippen molar-refractivity contribution in [3.8, 4) is 11.5 Å². The number of methoxy groups -OCH3 is 2. The highest BCUT2D eigenvalue weighted by atomic mass is 16.5. The van der Waals surface area contributed by atoms with Crippen molar-refractivity contribution >= 4 is 5.69 Å². The van der Waals surface area contributed by atoms with Crippen LogP contribution in [0.25, 0.3) is 0 Å². The van der Waals surface area contributed by atoms with Crippen LogP contribution in [0.4, 0.5) is 5.69 Å². The summed E-state index contributed by atoms with van der Waals surface area (Å²) in [6.07, 6.45) is 0. The lowest BCUT2D eigenvalue weighted by atomic mass is 9.98. The summed E-state index contributed by atoms with van der Waals surface area (Å²) in [5.74, 6) is 1.49. The van der Waals surface area contributed by atoms with Gasteiger partial charge < -0.3 is 20.9 Å². The number of rotatable bonds is 4. The van der Waals surface area contributed by atoms with E-state index in [1.165, 1.54) is 0 Å². The van der Waals surface area contributed by atoms with Crippen LogP contribution in [0.3, 0.4) is 0 Å². The summed E-state index contributed by atoms with van der Waals surface area (Å²) in [5.41, 5.74) is 14.5. The summed E-state index contributed by atoms with van der Waals surface area (Å²) in [6.45, 7) is 0. The smallest absolute Gasteiger partial charge is 0.124 e. The molecule has 0 radical (unpaired) electrons. The Bertz CT molecular complexity index is 553. The number of nitrogen functional groups attached to an aromatic ring is 1. The molecule has 0 aliphatic carbocycles. The van der Waals surface area contributed by atoms with Crippen molar-refractivity contribution in [1.82, 2.24) is 0 Å². The molecule has 0 spiro atoms. The Kier molecular flexibility index (Phi) is 3.92. The first-order chi connectivity index (χ1) is 9.15. The maximum Gasteiger partial charge on any atom is 0.124 e. The quantitative estimate of drug-likeness (QED) is 0.826. The average Bonchev–Trinajstić information content (AvgIpc) is 2.46. The summed E-state index contributed by atoms with van der Waals surface area (Å²) in [7, 11) is 3.25. The van der Waals surface area contributed by atoms with Crippen LogP contribution in [0.2, 0.25) is 0 Å². The minimum Gasteiger partial charge on any atom is -0.497 e. The summed E-state index contributed by atoms with van der Waals surface area (Å²) in [5, 5.41) is 0. The molecule has 19 heavy (non-hydrogen) atoms. The van der Waals surface area contributed by atoms with Gasteiger partial charge >= 0.3 is 0 Å². The average molecular weight is 258 g/mol. The fourth-order valence-electron chi connectivity index (χ4n) is 1.97. The van der Waals surface area contributed by atoms with E-state index in [1.54, 1.807) is 14.2 Å². The Labute approximate surface area is 112 Å². The lowest BCUT2D eigenvalue weighted by Crippen LogP contribution is -2.13. The van der Waals surface area contributed by atoms with Crippen LogP contribution in [-0.4, -0.2) is 14.2 Å². The Morgan fingerprint density at radius 3 is 2.21 bits per heavy atom. The van der Waals surface area contributed by atoms with E-state index in [4.69, 9.17) is 20.9 Å². The third kappa shape index (κ3) is 2.80. The lowest BCUT2D eigenvalue weighted by molar-refractivity contribution is 0.397. The third-order valence-electron chi connectivity index (χ3n) is 3.07. The van der Waals surface area contributed by atoms with E-state index in [1.807, 2.05) is 42.5 Å². The topological polar surface area (TPSA) is 70.5 Å². The highest BCUT2D eigenvalue weighted by Crippen LogP contribution is 2.31. The molecule has 4 nitrogen and oxygen atoms in total. The van der Waals surface area contributed by atoms with Crippen LogP contribution in [-0.2, 0) is 0 Å². The molecule has 100 valence electrons. The molecule has 0 saturated heterocycles. The molecule has 1 atom stereocenters. The number of hydrogen-bond donors (Lipinski definition) is 2. The van der Waals surface area contributed by atoms with Crippen LogP contribution in [0.15, 0.2) is 42.5 Å². The first kappa shape index (κ1) is 13.2. The van der Waals surface area contributed by atoms with Gasteiger partial charge in [0.25, 0.3) is 0 Å². The van der Waals surface area contributed by atoms with E-state index in [2.05, 4.69) is 0 Å². The highest BCUT2D eigenvalue weighted by Gasteiger charge is 2.15. The van der Waals surface area contributed by atoms with E-state index < -0.39 is 0 Å². The van der Waals surface area contributed by atoms with Gasteiger partial charge in [-0.15, -0.1) is 0 Å². The maximum absolute atomic E-state index is 6.29. The van der Waals surface area contributed by atoms with Gasteiger partial charge in [-0.25, -0.2) is 0 Å². The van der Waals surface area contributed by atoms with Crippen molar-refractivity contribution in [3.63, 3.8) is 0 Å². The fourth-order valence-corrected chi connectivity index (χ4v) is 1.97. The maximum atomic E-state index is 6.29. The molecule has 1 unspecified atom stereocenters. The van der Waals surface area contributed by atoms with Gasteiger partial charge in [-0.3, -0.25) is 0 Å². The normalized spacial score (nSPS) is 11.9. The van der Waals surface area contributed by atoms with Gasteiger partial charge in [0, 0.05) is 11.3 Å². The van der Waals surface area contributed by atoms with E-state index >= 15 is 0 Å². The summed E-state index contributed by atoms with van der Waals surface area (Å²) in [6, 6.07) is 12.8. The number of benzene rings is 2. The van der Waals surface area contributed by atoms with Gasteiger partial charge in [-0.2, -0.15) is 0 Å². The van der Waals surface area contributed by atoms with Crippen molar-refractivity contribution < 1.29 is 9.47 Å². The van der Waals surface area contributed by atoms with Crippen molar-refractivity contribution in [1.29, 1.82) is 0 Å². The molecule has 0 heterocycles. The Balaban J connectivity index is 2.41. The zero-order valence-electron chi connectivity index (χ0n) is 11.1. The Hall–Kier alpha value is -2.20. The van der Waals surface area contributed by atoms with E-state index in [9.17, 15) is 0 Å². The summed E-state index contributed by atoms with van der Waals surface area (Å²) < 4.78 is 10.6. The van der Waals surface area contributed by atoms with Crippen molar-refractivity contribution in [2.45, 2.75) is 6.04 Å². The molecular weight excluding hydrogens is 240 g/mol. The second-order valence-electron chi connectivity index (χ2n) is 4.25. The number of anilines is 1. The van der Waals surface area contributed by atoms with Gasteiger partial charge in [-0.05, 0) is 35.9 Å². The molecule has 2 rings (SSSR count). The van der Waals surface area contributed by atoms with Crippen LogP contribution >= 0.6 is 0 Å². The monoisotopic (exact) mass is 258 g/mol. The molecule has 2 aromatic rings. The standard InChI is InChI=1S/C15H18N2O2/c1-18-12-7-8-14(19-2)13(9-12)15(17)10-3-5-11(16)6-4-10/h3-9,15H,16-17H2,1-2H3. The predicted molar refractivity (Wildman–Crippen MR) is 76.4 cm³/mol. The van der Waals surface area contributed by atoms with Crippen molar-refractivity contribution in [2.24, 2.45) is 5.73 Å². The van der Waals surface area contributed by atoms with Crippen LogP contribution < -0.4 is 20.9 Å². The molecule has 2 aromatic carbocycles. The van der Waals surface area contributed by atoms with Gasteiger partial charge in [-0.1, -0.05) is 12.1 Å². The summed E-state index contributed by atoms with van der Waals surface area (Å²) >= 11 is 0. The zero-order chi connectivity index (χ0) is 13.8. The Morgan fingerprint density at radius 2 is 1.63 bits per heavy atom. The molecule has 0 saturated carbocycles. The molecule has 4 N–H and O–H groups in total. The molecular formula is C15H18N2O2. The van der Waals surface area contributed by atoms with E-state index in [-0.39, 0.29) is 6.04 Å². The first-order valence-electron chi connectivity index (χ1n) is 5.98. The second kappa shape index (κ2) is 5.63. The highest BCUT2D eigenvalue weighted by molar-refractivity contribution is 5.48. The fraction of sp³-hybridized carbons (Fsp3) is 0.200.